The predicted octanol–water partition coefficient (Wildman–Crippen LogP) is 3.95. The lowest BCUT2D eigenvalue weighted by atomic mass is 10.1. The maximum absolute atomic E-state index is 13.5. The highest BCUT2D eigenvalue weighted by molar-refractivity contribution is 5.82. The highest BCUT2D eigenvalue weighted by Gasteiger charge is 2.26. The van der Waals surface area contributed by atoms with E-state index in [0.29, 0.717) is 28.8 Å². The number of esters is 1. The Balaban J connectivity index is 2.08. The molecule has 0 saturated heterocycles. The number of hydrogen-bond acceptors (Lipinski definition) is 5. The molecule has 1 unspecified atom stereocenters. The van der Waals surface area contributed by atoms with Crippen LogP contribution in [0.5, 0.6) is 0 Å². The van der Waals surface area contributed by atoms with E-state index in [1.165, 1.54) is 0 Å². The van der Waals surface area contributed by atoms with Crippen LogP contribution in [0.1, 0.15) is 50.5 Å². The molecule has 3 aromatic rings. The molecule has 0 spiro atoms. The van der Waals surface area contributed by atoms with E-state index in [-0.39, 0.29) is 30.9 Å². The van der Waals surface area contributed by atoms with E-state index in [4.69, 9.17) is 9.72 Å². The lowest BCUT2D eigenvalue weighted by molar-refractivity contribution is -0.145. The number of aromatic nitrogens is 2. The molecular weight excluding hydrogens is 406 g/mol. The summed E-state index contributed by atoms with van der Waals surface area (Å²) in [6.45, 7) is 5.92. The third-order valence-electron chi connectivity index (χ3n) is 5.46. The second-order valence-electron chi connectivity index (χ2n) is 7.70. The molecule has 1 amide bonds. The third kappa shape index (κ3) is 4.88. The van der Waals surface area contributed by atoms with Gasteiger partial charge in [-0.15, -0.1) is 0 Å². The molecule has 0 aliphatic carbocycles. The van der Waals surface area contributed by atoms with Crippen LogP contribution in [0.2, 0.25) is 0 Å². The van der Waals surface area contributed by atoms with Gasteiger partial charge in [-0.3, -0.25) is 19.0 Å². The van der Waals surface area contributed by atoms with Gasteiger partial charge in [-0.25, -0.2) is 4.98 Å². The van der Waals surface area contributed by atoms with Crippen LogP contribution in [-0.4, -0.2) is 40.0 Å². The van der Waals surface area contributed by atoms with Gasteiger partial charge in [0.05, 0.1) is 35.7 Å². The zero-order valence-electron chi connectivity index (χ0n) is 19.0. The Morgan fingerprint density at radius 3 is 2.53 bits per heavy atom. The number of amides is 1. The minimum Gasteiger partial charge on any atom is -0.466 e. The summed E-state index contributed by atoms with van der Waals surface area (Å²) in [7, 11) is 1.68. The average Bonchev–Trinajstić information content (AvgIpc) is 2.78. The summed E-state index contributed by atoms with van der Waals surface area (Å²) >= 11 is 0. The van der Waals surface area contributed by atoms with Gasteiger partial charge in [0.25, 0.3) is 5.56 Å². The van der Waals surface area contributed by atoms with Crippen LogP contribution in [0.15, 0.2) is 53.3 Å². The smallest absolute Gasteiger partial charge is 0.306 e. The molecule has 0 aliphatic heterocycles. The van der Waals surface area contributed by atoms with Crippen molar-refractivity contribution >= 4 is 22.8 Å². The Morgan fingerprint density at radius 1 is 1.09 bits per heavy atom. The molecule has 0 fully saturated rings. The van der Waals surface area contributed by atoms with Crippen LogP contribution in [0, 0.1) is 6.92 Å². The maximum atomic E-state index is 13.5. The lowest BCUT2D eigenvalue weighted by Crippen LogP contribution is -2.36. The van der Waals surface area contributed by atoms with Gasteiger partial charge in [0.2, 0.25) is 5.91 Å². The summed E-state index contributed by atoms with van der Waals surface area (Å²) in [5, 5.41) is 0.517. The quantitative estimate of drug-likeness (QED) is 0.501. The van der Waals surface area contributed by atoms with Gasteiger partial charge in [-0.1, -0.05) is 31.2 Å². The van der Waals surface area contributed by atoms with E-state index in [9.17, 15) is 14.4 Å². The lowest BCUT2D eigenvalue weighted by Gasteiger charge is -2.29. The molecule has 0 saturated carbocycles. The van der Waals surface area contributed by atoms with E-state index in [2.05, 4.69) is 0 Å². The minimum absolute atomic E-state index is 0.0171. The number of fused-ring (bicyclic) bond motifs is 1. The SMILES string of the molecule is CCOC(=O)CCC(=O)N(C)C(CC)c1nc2ccccc2c(=O)n1-c1cccc(C)c1. The van der Waals surface area contributed by atoms with Crippen molar-refractivity contribution in [2.24, 2.45) is 0 Å². The maximum Gasteiger partial charge on any atom is 0.306 e. The van der Waals surface area contributed by atoms with Gasteiger partial charge in [-0.2, -0.15) is 0 Å². The van der Waals surface area contributed by atoms with Crippen molar-refractivity contribution in [1.82, 2.24) is 14.5 Å². The number of hydrogen-bond donors (Lipinski definition) is 0. The van der Waals surface area contributed by atoms with Gasteiger partial charge >= 0.3 is 5.97 Å². The van der Waals surface area contributed by atoms with Crippen LogP contribution >= 0.6 is 0 Å². The first-order valence-electron chi connectivity index (χ1n) is 10.9. The molecule has 7 heteroatoms. The fraction of sp³-hybridized carbons (Fsp3) is 0.360. The molecular formula is C25H29N3O4. The summed E-state index contributed by atoms with van der Waals surface area (Å²) < 4.78 is 6.52. The fourth-order valence-corrected chi connectivity index (χ4v) is 3.81. The molecule has 32 heavy (non-hydrogen) atoms. The summed E-state index contributed by atoms with van der Waals surface area (Å²) in [6, 6.07) is 14.4. The molecule has 1 heterocycles. The van der Waals surface area contributed by atoms with Crippen molar-refractivity contribution in [2.75, 3.05) is 13.7 Å². The van der Waals surface area contributed by atoms with E-state index in [1.54, 1.807) is 35.6 Å². The fourth-order valence-electron chi connectivity index (χ4n) is 3.81. The van der Waals surface area contributed by atoms with Crippen LogP contribution < -0.4 is 5.56 Å². The van der Waals surface area contributed by atoms with Gasteiger partial charge in [0.15, 0.2) is 0 Å². The largest absolute Gasteiger partial charge is 0.466 e. The van der Waals surface area contributed by atoms with Crippen LogP contribution in [0.25, 0.3) is 16.6 Å². The summed E-state index contributed by atoms with van der Waals surface area (Å²) in [4.78, 5) is 44.5. The number of carbonyl (C=O) groups is 2. The molecule has 3 rings (SSSR count). The van der Waals surface area contributed by atoms with Gasteiger partial charge < -0.3 is 9.64 Å². The Hall–Kier alpha value is -3.48. The first-order chi connectivity index (χ1) is 15.4. The number of carbonyl (C=O) groups excluding carboxylic acids is 2. The van der Waals surface area contributed by atoms with E-state index in [1.807, 2.05) is 50.2 Å². The monoisotopic (exact) mass is 435 g/mol. The standard InChI is InChI=1S/C25H29N3O4/c1-5-21(27(4)22(29)14-15-23(30)32-6-2)24-26-20-13-8-7-12-19(20)25(31)28(24)18-11-9-10-17(3)16-18/h7-13,16,21H,5-6,14-15H2,1-4H3. The van der Waals surface area contributed by atoms with Gasteiger partial charge in [-0.05, 0) is 50.1 Å². The summed E-state index contributed by atoms with van der Waals surface area (Å²) in [5.74, 6) is -0.111. The van der Waals surface area contributed by atoms with Crippen LogP contribution in [0.3, 0.4) is 0 Å². The number of para-hydroxylation sites is 1. The zero-order chi connectivity index (χ0) is 23.3. The summed E-state index contributed by atoms with van der Waals surface area (Å²) in [6.07, 6.45) is 0.607. The van der Waals surface area contributed by atoms with Crippen molar-refractivity contribution in [1.29, 1.82) is 0 Å². The number of ether oxygens (including phenoxy) is 1. The van der Waals surface area contributed by atoms with Gasteiger partial charge in [0.1, 0.15) is 5.82 Å². The predicted molar refractivity (Wildman–Crippen MR) is 124 cm³/mol. The normalized spacial score (nSPS) is 11.9. The Kier molecular flexibility index (Phi) is 7.41. The highest BCUT2D eigenvalue weighted by atomic mass is 16.5. The molecule has 0 aliphatic rings. The Bertz CT molecular complexity index is 1190. The number of aryl methyl sites for hydroxylation is 1. The van der Waals surface area contributed by atoms with E-state index in [0.717, 1.165) is 5.56 Å². The number of benzene rings is 2. The topological polar surface area (TPSA) is 81.5 Å². The number of nitrogens with zero attached hydrogens (tertiary/aromatic N) is 3. The molecule has 0 N–H and O–H groups in total. The molecule has 0 radical (unpaired) electrons. The third-order valence-corrected chi connectivity index (χ3v) is 5.46. The number of rotatable bonds is 8. The second kappa shape index (κ2) is 10.2. The van der Waals surface area contributed by atoms with Crippen molar-refractivity contribution in [3.05, 3.63) is 70.3 Å². The molecule has 7 nitrogen and oxygen atoms in total. The van der Waals surface area contributed by atoms with Gasteiger partial charge in [0, 0.05) is 13.5 Å². The first kappa shape index (κ1) is 23.2. The van der Waals surface area contributed by atoms with Crippen LogP contribution in [0.4, 0.5) is 0 Å². The highest BCUT2D eigenvalue weighted by Crippen LogP contribution is 2.26. The average molecular weight is 436 g/mol. The minimum atomic E-state index is -0.442. The van der Waals surface area contributed by atoms with Crippen molar-refractivity contribution < 1.29 is 14.3 Å². The summed E-state index contributed by atoms with van der Waals surface area (Å²) in [5.41, 5.74) is 2.12. The van der Waals surface area contributed by atoms with Crippen molar-refractivity contribution in [3.63, 3.8) is 0 Å². The zero-order valence-corrected chi connectivity index (χ0v) is 19.0. The molecule has 0 bridgehead atoms. The molecule has 2 aromatic carbocycles. The molecule has 168 valence electrons. The van der Waals surface area contributed by atoms with Crippen molar-refractivity contribution in [3.8, 4) is 5.69 Å². The van der Waals surface area contributed by atoms with Crippen LogP contribution in [-0.2, 0) is 14.3 Å². The molecule has 1 atom stereocenters. The second-order valence-corrected chi connectivity index (χ2v) is 7.70. The van der Waals surface area contributed by atoms with E-state index < -0.39 is 12.0 Å². The molecule has 1 aromatic heterocycles. The van der Waals surface area contributed by atoms with Crippen molar-refractivity contribution in [2.45, 2.75) is 46.1 Å². The Morgan fingerprint density at radius 2 is 1.84 bits per heavy atom. The van der Waals surface area contributed by atoms with E-state index >= 15 is 0 Å². The Labute approximate surface area is 187 Å². The first-order valence-corrected chi connectivity index (χ1v) is 10.9.